The molecule has 1 saturated heterocycles. The Balaban J connectivity index is 2.54. The Morgan fingerprint density at radius 2 is 2.00 bits per heavy atom. The van der Waals surface area contributed by atoms with Crippen LogP contribution in [0.3, 0.4) is 0 Å². The Morgan fingerprint density at radius 1 is 1.40 bits per heavy atom. The highest BCUT2D eigenvalue weighted by molar-refractivity contribution is 5.80. The largest absolute Gasteiger partial charge is 0.480 e. The van der Waals surface area contributed by atoms with Gasteiger partial charge in [-0.15, -0.1) is 0 Å². The van der Waals surface area contributed by atoms with Crippen LogP contribution in [0.2, 0.25) is 0 Å². The van der Waals surface area contributed by atoms with Gasteiger partial charge in [0, 0.05) is 25.8 Å². The lowest BCUT2D eigenvalue weighted by Crippen LogP contribution is -2.50. The molecule has 2 amide bonds. The van der Waals surface area contributed by atoms with Crippen molar-refractivity contribution in [2.75, 3.05) is 26.3 Å². The first kappa shape index (κ1) is 16.8. The van der Waals surface area contributed by atoms with Crippen LogP contribution in [0.15, 0.2) is 0 Å². The summed E-state index contributed by atoms with van der Waals surface area (Å²) in [4.78, 5) is 24.4. The van der Waals surface area contributed by atoms with Gasteiger partial charge >= 0.3 is 12.0 Å². The SMILES string of the molecule is CCC(C)N(CC(=O)O)C(=O)NCC1(C)CCOCC1. The van der Waals surface area contributed by atoms with E-state index in [1.54, 1.807) is 0 Å². The normalized spacial score (nSPS) is 19.1. The van der Waals surface area contributed by atoms with E-state index in [4.69, 9.17) is 9.84 Å². The molecule has 1 aliphatic heterocycles. The number of nitrogens with zero attached hydrogens (tertiary/aromatic N) is 1. The number of nitrogens with one attached hydrogen (secondary N) is 1. The van der Waals surface area contributed by atoms with Gasteiger partial charge in [-0.2, -0.15) is 0 Å². The smallest absolute Gasteiger partial charge is 0.323 e. The second-order valence-electron chi connectivity index (χ2n) is 5.86. The minimum Gasteiger partial charge on any atom is -0.480 e. The number of hydrogen-bond acceptors (Lipinski definition) is 3. The Bertz CT molecular complexity index is 340. The molecule has 1 heterocycles. The maximum atomic E-state index is 12.2. The summed E-state index contributed by atoms with van der Waals surface area (Å²) >= 11 is 0. The molecule has 116 valence electrons. The van der Waals surface area contributed by atoms with Crippen LogP contribution in [0.1, 0.15) is 40.0 Å². The molecule has 6 heteroatoms. The number of carbonyl (C=O) groups is 2. The number of rotatable bonds is 6. The zero-order valence-electron chi connectivity index (χ0n) is 12.6. The third-order valence-electron chi connectivity index (χ3n) is 4.06. The number of carboxylic acid groups (broad SMARTS) is 1. The van der Waals surface area contributed by atoms with E-state index in [1.807, 2.05) is 13.8 Å². The molecule has 0 saturated carbocycles. The summed E-state index contributed by atoms with van der Waals surface area (Å²) < 4.78 is 5.33. The number of urea groups is 1. The first-order valence-corrected chi connectivity index (χ1v) is 7.22. The maximum Gasteiger partial charge on any atom is 0.323 e. The summed E-state index contributed by atoms with van der Waals surface area (Å²) in [7, 11) is 0. The molecule has 0 aromatic carbocycles. The Kier molecular flexibility index (Phi) is 6.26. The van der Waals surface area contributed by atoms with Crippen molar-refractivity contribution >= 4 is 12.0 Å². The van der Waals surface area contributed by atoms with Gasteiger partial charge in [0.05, 0.1) is 0 Å². The number of carbonyl (C=O) groups excluding carboxylic acids is 1. The highest BCUT2D eigenvalue weighted by atomic mass is 16.5. The Hall–Kier alpha value is -1.30. The maximum absolute atomic E-state index is 12.2. The van der Waals surface area contributed by atoms with E-state index in [1.165, 1.54) is 4.90 Å². The second-order valence-corrected chi connectivity index (χ2v) is 5.86. The van der Waals surface area contributed by atoms with Crippen molar-refractivity contribution < 1.29 is 19.4 Å². The summed E-state index contributed by atoms with van der Waals surface area (Å²) in [6.45, 7) is 7.65. The average molecular weight is 286 g/mol. The molecule has 0 spiro atoms. The van der Waals surface area contributed by atoms with Crippen LogP contribution in [0.4, 0.5) is 4.79 Å². The molecular formula is C14H26N2O4. The Labute approximate surface area is 120 Å². The third kappa shape index (κ3) is 5.00. The van der Waals surface area contributed by atoms with E-state index in [9.17, 15) is 9.59 Å². The van der Waals surface area contributed by atoms with Crippen LogP contribution in [0.25, 0.3) is 0 Å². The molecule has 0 bridgehead atoms. The van der Waals surface area contributed by atoms with Crippen LogP contribution >= 0.6 is 0 Å². The van der Waals surface area contributed by atoms with Crippen molar-refractivity contribution in [2.45, 2.75) is 46.1 Å². The van der Waals surface area contributed by atoms with Gasteiger partial charge in [0.1, 0.15) is 6.54 Å². The monoisotopic (exact) mass is 286 g/mol. The van der Waals surface area contributed by atoms with Crippen LogP contribution in [-0.4, -0.2) is 54.4 Å². The fourth-order valence-electron chi connectivity index (χ4n) is 2.23. The lowest BCUT2D eigenvalue weighted by atomic mass is 9.82. The van der Waals surface area contributed by atoms with Gasteiger partial charge in [-0.25, -0.2) is 4.79 Å². The third-order valence-corrected chi connectivity index (χ3v) is 4.06. The van der Waals surface area contributed by atoms with Gasteiger partial charge in [-0.3, -0.25) is 4.79 Å². The first-order valence-electron chi connectivity index (χ1n) is 7.22. The molecule has 0 aliphatic carbocycles. The molecule has 1 fully saturated rings. The number of aliphatic carboxylic acids is 1. The summed E-state index contributed by atoms with van der Waals surface area (Å²) in [5.41, 5.74) is 0.0399. The van der Waals surface area contributed by atoms with Gasteiger partial charge in [-0.05, 0) is 31.6 Å². The Morgan fingerprint density at radius 3 is 2.50 bits per heavy atom. The van der Waals surface area contributed by atoms with Gasteiger partial charge in [0.15, 0.2) is 0 Å². The molecule has 6 nitrogen and oxygen atoms in total. The quantitative estimate of drug-likeness (QED) is 0.779. The predicted molar refractivity (Wildman–Crippen MR) is 75.7 cm³/mol. The predicted octanol–water partition coefficient (Wildman–Crippen LogP) is 1.70. The second kappa shape index (κ2) is 7.47. The van der Waals surface area contributed by atoms with E-state index in [0.29, 0.717) is 6.54 Å². The summed E-state index contributed by atoms with van der Waals surface area (Å²) in [5.74, 6) is -0.988. The number of amides is 2. The van der Waals surface area contributed by atoms with Gasteiger partial charge in [0.2, 0.25) is 0 Å². The van der Waals surface area contributed by atoms with Crippen LogP contribution in [0.5, 0.6) is 0 Å². The van der Waals surface area contributed by atoms with Crippen molar-refractivity contribution in [1.29, 1.82) is 0 Å². The topological polar surface area (TPSA) is 78.9 Å². The van der Waals surface area contributed by atoms with E-state index in [0.717, 1.165) is 32.5 Å². The number of hydrogen-bond donors (Lipinski definition) is 2. The van der Waals surface area contributed by atoms with Gasteiger partial charge in [-0.1, -0.05) is 13.8 Å². The minimum atomic E-state index is -0.988. The fourth-order valence-corrected chi connectivity index (χ4v) is 2.23. The van der Waals surface area contributed by atoms with Crippen molar-refractivity contribution in [3.05, 3.63) is 0 Å². The van der Waals surface area contributed by atoms with E-state index in [-0.39, 0.29) is 24.0 Å². The summed E-state index contributed by atoms with van der Waals surface area (Å²) in [6.07, 6.45) is 2.55. The van der Waals surface area contributed by atoms with Crippen molar-refractivity contribution in [3.63, 3.8) is 0 Å². The molecule has 1 unspecified atom stereocenters. The molecule has 2 N–H and O–H groups in total. The highest BCUT2D eigenvalue weighted by Gasteiger charge is 2.29. The van der Waals surface area contributed by atoms with Crippen molar-refractivity contribution in [3.8, 4) is 0 Å². The fraction of sp³-hybridized carbons (Fsp3) is 0.857. The van der Waals surface area contributed by atoms with E-state index >= 15 is 0 Å². The summed E-state index contributed by atoms with van der Waals surface area (Å²) in [5, 5.41) is 11.8. The molecule has 0 aromatic heterocycles. The molecule has 0 aromatic rings. The average Bonchev–Trinajstić information content (AvgIpc) is 2.42. The van der Waals surface area contributed by atoms with Gasteiger partial charge < -0.3 is 20.1 Å². The molecule has 0 radical (unpaired) electrons. The molecule has 1 atom stereocenters. The molecule has 1 aliphatic rings. The summed E-state index contributed by atoms with van der Waals surface area (Å²) in [6, 6.07) is -0.386. The number of carboxylic acids is 1. The van der Waals surface area contributed by atoms with Crippen molar-refractivity contribution in [2.24, 2.45) is 5.41 Å². The highest BCUT2D eigenvalue weighted by Crippen LogP contribution is 2.28. The zero-order chi connectivity index (χ0) is 15.2. The van der Waals surface area contributed by atoms with E-state index in [2.05, 4.69) is 12.2 Å². The zero-order valence-corrected chi connectivity index (χ0v) is 12.6. The van der Waals surface area contributed by atoms with Crippen LogP contribution in [0, 0.1) is 5.41 Å². The van der Waals surface area contributed by atoms with Crippen LogP contribution < -0.4 is 5.32 Å². The molecule has 20 heavy (non-hydrogen) atoms. The van der Waals surface area contributed by atoms with Crippen molar-refractivity contribution in [1.82, 2.24) is 10.2 Å². The minimum absolute atomic E-state index is 0.0399. The number of ether oxygens (including phenoxy) is 1. The van der Waals surface area contributed by atoms with Gasteiger partial charge in [0.25, 0.3) is 0 Å². The first-order chi connectivity index (χ1) is 9.38. The van der Waals surface area contributed by atoms with E-state index < -0.39 is 5.97 Å². The standard InChI is InChI=1S/C14H26N2O4/c1-4-11(2)16(9-12(17)18)13(19)15-10-14(3)5-7-20-8-6-14/h11H,4-10H2,1-3H3,(H,15,19)(H,17,18). The molecule has 1 rings (SSSR count). The molecular weight excluding hydrogens is 260 g/mol. The lowest BCUT2D eigenvalue weighted by Gasteiger charge is -2.35. The van der Waals surface area contributed by atoms with Crippen LogP contribution in [-0.2, 0) is 9.53 Å². The lowest BCUT2D eigenvalue weighted by molar-refractivity contribution is -0.138.